The molecule has 0 atom stereocenters. The molecule has 0 spiro atoms. The summed E-state index contributed by atoms with van der Waals surface area (Å²) >= 11 is 0. The number of benzene rings is 2. The third-order valence-corrected chi connectivity index (χ3v) is 5.95. The number of anilines is 2. The van der Waals surface area contributed by atoms with Gasteiger partial charge in [0.05, 0.1) is 10.6 Å². The Morgan fingerprint density at radius 1 is 1.12 bits per heavy atom. The van der Waals surface area contributed by atoms with E-state index in [9.17, 15) is 13.2 Å². The van der Waals surface area contributed by atoms with Crippen molar-refractivity contribution >= 4 is 38.2 Å². The van der Waals surface area contributed by atoms with Gasteiger partial charge in [-0.3, -0.25) is 9.10 Å². The molecule has 0 unspecified atom stereocenters. The second-order valence-corrected chi connectivity index (χ2v) is 7.74. The normalized spacial score (nSPS) is 14.7. The number of hydrogen-bond donors (Lipinski definition) is 1. The van der Waals surface area contributed by atoms with Crippen molar-refractivity contribution in [2.75, 3.05) is 16.2 Å². The summed E-state index contributed by atoms with van der Waals surface area (Å²) in [6.07, 6.45) is 1.64. The molecule has 6 nitrogen and oxygen atoms in total. The molecule has 25 heavy (non-hydrogen) atoms. The molecule has 1 aliphatic heterocycles. The topological polar surface area (TPSA) is 79.4 Å². The average molecular weight is 353 g/mol. The predicted octanol–water partition coefficient (Wildman–Crippen LogP) is 2.69. The van der Waals surface area contributed by atoms with Gasteiger partial charge in [-0.05, 0) is 36.1 Å². The van der Waals surface area contributed by atoms with Crippen molar-refractivity contribution in [3.63, 3.8) is 0 Å². The number of aromatic nitrogens is 1. The number of nitrogens with one attached hydrogen (secondary N) is 1. The van der Waals surface area contributed by atoms with Gasteiger partial charge in [-0.15, -0.1) is 0 Å². The van der Waals surface area contributed by atoms with Gasteiger partial charge in [0.15, 0.2) is 0 Å². The standard InChI is InChI=1S/C18H15N3O3S/c1-12-8-9-16(19-10-12)20-17(22)11-21-14-6-2-4-13-5-3-7-15(18(13)14)25(21,23)24/h2-10H,11H2,1H3,(H,19,20,22). The number of hydrogen-bond acceptors (Lipinski definition) is 4. The summed E-state index contributed by atoms with van der Waals surface area (Å²) in [5, 5.41) is 4.13. The molecule has 0 saturated carbocycles. The Labute approximate surface area is 145 Å². The number of carbonyl (C=O) groups is 1. The molecular weight excluding hydrogens is 338 g/mol. The molecule has 3 aromatic rings. The number of amides is 1. The monoisotopic (exact) mass is 353 g/mol. The lowest BCUT2D eigenvalue weighted by atomic mass is 10.1. The highest BCUT2D eigenvalue weighted by atomic mass is 32.2. The number of nitrogens with zero attached hydrogens (tertiary/aromatic N) is 2. The fourth-order valence-corrected chi connectivity index (χ4v) is 4.65. The van der Waals surface area contributed by atoms with Gasteiger partial charge in [0, 0.05) is 11.6 Å². The summed E-state index contributed by atoms with van der Waals surface area (Å²) in [6, 6.07) is 14.0. The summed E-state index contributed by atoms with van der Waals surface area (Å²) in [4.78, 5) is 16.7. The minimum atomic E-state index is -3.74. The molecule has 1 amide bonds. The number of carbonyl (C=O) groups excluding carboxylic acids is 1. The molecule has 7 heteroatoms. The van der Waals surface area contributed by atoms with E-state index in [2.05, 4.69) is 10.3 Å². The van der Waals surface area contributed by atoms with Crippen LogP contribution < -0.4 is 9.62 Å². The first-order valence-electron chi connectivity index (χ1n) is 7.74. The van der Waals surface area contributed by atoms with Crippen LogP contribution in [0.25, 0.3) is 10.8 Å². The van der Waals surface area contributed by atoms with Crippen LogP contribution in [0.3, 0.4) is 0 Å². The van der Waals surface area contributed by atoms with Gasteiger partial charge in [-0.1, -0.05) is 30.3 Å². The zero-order valence-corrected chi connectivity index (χ0v) is 14.2. The van der Waals surface area contributed by atoms with Gasteiger partial charge in [-0.25, -0.2) is 13.4 Å². The largest absolute Gasteiger partial charge is 0.309 e. The summed E-state index contributed by atoms with van der Waals surface area (Å²) < 4.78 is 26.8. The summed E-state index contributed by atoms with van der Waals surface area (Å²) in [5.41, 5.74) is 1.50. The van der Waals surface area contributed by atoms with Gasteiger partial charge < -0.3 is 5.32 Å². The molecule has 2 aromatic carbocycles. The Balaban J connectivity index is 1.66. The van der Waals surface area contributed by atoms with Crippen LogP contribution in [0.15, 0.2) is 59.6 Å². The van der Waals surface area contributed by atoms with Crippen LogP contribution >= 0.6 is 0 Å². The maximum Gasteiger partial charge on any atom is 0.265 e. The predicted molar refractivity (Wildman–Crippen MR) is 96.1 cm³/mol. The van der Waals surface area contributed by atoms with E-state index in [4.69, 9.17) is 0 Å². The Morgan fingerprint density at radius 2 is 1.88 bits per heavy atom. The molecule has 126 valence electrons. The molecule has 0 bridgehead atoms. The van der Waals surface area contributed by atoms with Crippen LogP contribution in [0.2, 0.25) is 0 Å². The SMILES string of the molecule is Cc1ccc(NC(=O)CN2c3cccc4cccc(c34)S2(=O)=O)nc1. The van der Waals surface area contributed by atoms with Gasteiger partial charge in [0.25, 0.3) is 10.0 Å². The van der Waals surface area contributed by atoms with Gasteiger partial charge >= 0.3 is 0 Å². The van der Waals surface area contributed by atoms with Crippen LogP contribution in [0.1, 0.15) is 5.56 Å². The van der Waals surface area contributed by atoms with E-state index in [0.717, 1.165) is 15.3 Å². The van der Waals surface area contributed by atoms with E-state index < -0.39 is 15.9 Å². The second-order valence-electron chi connectivity index (χ2n) is 5.91. The highest BCUT2D eigenvalue weighted by Crippen LogP contribution is 2.41. The number of rotatable bonds is 3. The van der Waals surface area contributed by atoms with Crippen molar-refractivity contribution in [3.8, 4) is 0 Å². The molecule has 1 N–H and O–H groups in total. The number of pyridine rings is 1. The highest BCUT2D eigenvalue weighted by Gasteiger charge is 2.36. The molecular formula is C18H15N3O3S. The van der Waals surface area contributed by atoms with E-state index >= 15 is 0 Å². The summed E-state index contributed by atoms with van der Waals surface area (Å²) in [7, 11) is -3.74. The number of sulfonamides is 1. The van der Waals surface area contributed by atoms with E-state index in [1.165, 1.54) is 0 Å². The van der Waals surface area contributed by atoms with Crippen LogP contribution in [0, 0.1) is 6.92 Å². The van der Waals surface area contributed by atoms with E-state index in [-0.39, 0.29) is 11.4 Å². The van der Waals surface area contributed by atoms with E-state index in [1.54, 1.807) is 36.5 Å². The molecule has 1 aromatic heterocycles. The van der Waals surface area contributed by atoms with Gasteiger partial charge in [-0.2, -0.15) is 0 Å². The summed E-state index contributed by atoms with van der Waals surface area (Å²) in [6.45, 7) is 1.60. The Morgan fingerprint density at radius 3 is 2.60 bits per heavy atom. The zero-order valence-electron chi connectivity index (χ0n) is 13.4. The summed E-state index contributed by atoms with van der Waals surface area (Å²) in [5.74, 6) is -0.0485. The fourth-order valence-electron chi connectivity index (χ4n) is 2.98. The van der Waals surface area contributed by atoms with Crippen molar-refractivity contribution < 1.29 is 13.2 Å². The third kappa shape index (κ3) is 2.53. The first-order valence-corrected chi connectivity index (χ1v) is 9.18. The first kappa shape index (κ1) is 15.6. The van der Waals surface area contributed by atoms with Crippen LogP contribution in [0.5, 0.6) is 0 Å². The smallest absolute Gasteiger partial charge is 0.265 e. The first-order chi connectivity index (χ1) is 12.0. The maximum atomic E-state index is 12.8. The van der Waals surface area contributed by atoms with Crippen molar-refractivity contribution in [1.82, 2.24) is 4.98 Å². The molecule has 4 rings (SSSR count). The minimum Gasteiger partial charge on any atom is -0.309 e. The lowest BCUT2D eigenvalue weighted by Gasteiger charge is -2.18. The molecule has 0 saturated heterocycles. The number of aryl methyl sites for hydroxylation is 1. The van der Waals surface area contributed by atoms with Crippen molar-refractivity contribution in [3.05, 3.63) is 60.3 Å². The fraction of sp³-hybridized carbons (Fsp3) is 0.111. The van der Waals surface area contributed by atoms with Gasteiger partial charge in [0.1, 0.15) is 12.4 Å². The Bertz CT molecular complexity index is 1090. The highest BCUT2D eigenvalue weighted by molar-refractivity contribution is 7.93. The minimum absolute atomic E-state index is 0.238. The van der Waals surface area contributed by atoms with Crippen molar-refractivity contribution in [1.29, 1.82) is 0 Å². The average Bonchev–Trinajstić information content (AvgIpc) is 2.81. The van der Waals surface area contributed by atoms with Gasteiger partial charge in [0.2, 0.25) is 5.91 Å². The van der Waals surface area contributed by atoms with Crippen LogP contribution in [-0.2, 0) is 14.8 Å². The molecule has 1 aliphatic rings. The van der Waals surface area contributed by atoms with Crippen molar-refractivity contribution in [2.24, 2.45) is 0 Å². The molecule has 0 radical (unpaired) electrons. The third-order valence-electron chi connectivity index (χ3n) is 4.15. The van der Waals surface area contributed by atoms with Crippen LogP contribution in [-0.4, -0.2) is 25.9 Å². The molecule has 0 fully saturated rings. The Hall–Kier alpha value is -2.93. The second kappa shape index (κ2) is 5.56. The molecule has 0 aliphatic carbocycles. The lowest BCUT2D eigenvalue weighted by molar-refractivity contribution is -0.114. The zero-order chi connectivity index (χ0) is 17.6. The lowest BCUT2D eigenvalue weighted by Crippen LogP contribution is -2.35. The van der Waals surface area contributed by atoms with Crippen molar-refractivity contribution in [2.45, 2.75) is 11.8 Å². The van der Waals surface area contributed by atoms with E-state index in [0.29, 0.717) is 16.9 Å². The van der Waals surface area contributed by atoms with Crippen LogP contribution in [0.4, 0.5) is 11.5 Å². The molecule has 2 heterocycles. The van der Waals surface area contributed by atoms with E-state index in [1.807, 2.05) is 25.1 Å². The Kier molecular flexibility index (Phi) is 3.47. The quantitative estimate of drug-likeness (QED) is 0.785. The maximum absolute atomic E-state index is 12.8.